The third-order valence-corrected chi connectivity index (χ3v) is 4.15. The fourth-order valence-electron chi connectivity index (χ4n) is 2.81. The maximum atomic E-state index is 12.5. The number of hydrogen-bond donors (Lipinski definition) is 1. The number of carbonyl (C=O) groups is 1. The molecule has 2 aromatic carbocycles. The first-order valence-electron chi connectivity index (χ1n) is 7.76. The maximum absolute atomic E-state index is 12.5. The zero-order chi connectivity index (χ0) is 16.6. The highest BCUT2D eigenvalue weighted by Crippen LogP contribution is 2.40. The number of fused-ring (bicyclic) bond motifs is 1. The molecule has 0 aromatic heterocycles. The summed E-state index contributed by atoms with van der Waals surface area (Å²) in [6.07, 6.45) is 0. The molecular formula is C19H22N2O2. The van der Waals surface area contributed by atoms with Crippen LogP contribution < -0.4 is 15.0 Å². The number of carbonyl (C=O) groups excluding carboxylic acids is 1. The molecule has 1 aliphatic heterocycles. The van der Waals surface area contributed by atoms with Crippen LogP contribution in [0.2, 0.25) is 0 Å². The van der Waals surface area contributed by atoms with E-state index < -0.39 is 0 Å². The quantitative estimate of drug-likeness (QED) is 0.895. The monoisotopic (exact) mass is 310 g/mol. The summed E-state index contributed by atoms with van der Waals surface area (Å²) >= 11 is 0. The Hall–Kier alpha value is -2.49. The van der Waals surface area contributed by atoms with Gasteiger partial charge in [0.1, 0.15) is 5.75 Å². The first-order chi connectivity index (χ1) is 10.9. The lowest BCUT2D eigenvalue weighted by Crippen LogP contribution is -2.41. The molecule has 1 heterocycles. The third kappa shape index (κ3) is 2.77. The van der Waals surface area contributed by atoms with Crippen LogP contribution in [0.15, 0.2) is 42.5 Å². The molecule has 0 saturated heterocycles. The van der Waals surface area contributed by atoms with Crippen LogP contribution >= 0.6 is 0 Å². The minimum absolute atomic E-state index is 0.0292. The molecule has 23 heavy (non-hydrogen) atoms. The summed E-state index contributed by atoms with van der Waals surface area (Å²) in [5.74, 6) is 0.813. The number of urea groups is 1. The molecule has 4 nitrogen and oxygen atoms in total. The summed E-state index contributed by atoms with van der Waals surface area (Å²) in [4.78, 5) is 14.2. The SMILES string of the molecule is COc1cc(C(C)(C)C)cc2c1CNC(=O)N2c1ccccc1. The standard InChI is InChI=1S/C19H22N2O2/c1-19(2,3)13-10-16-15(17(11-13)23-4)12-20-18(22)21(16)14-8-6-5-7-9-14/h5-11H,12H2,1-4H3,(H,20,22). The van der Waals surface area contributed by atoms with Gasteiger partial charge in [0.25, 0.3) is 0 Å². The van der Waals surface area contributed by atoms with Gasteiger partial charge < -0.3 is 10.1 Å². The maximum Gasteiger partial charge on any atom is 0.326 e. The van der Waals surface area contributed by atoms with Crippen molar-refractivity contribution in [1.29, 1.82) is 0 Å². The van der Waals surface area contributed by atoms with E-state index in [4.69, 9.17) is 4.74 Å². The summed E-state index contributed by atoms with van der Waals surface area (Å²) < 4.78 is 5.59. The number of nitrogens with one attached hydrogen (secondary N) is 1. The zero-order valence-corrected chi connectivity index (χ0v) is 14.0. The Bertz CT molecular complexity index is 733. The van der Waals surface area contributed by atoms with Crippen molar-refractivity contribution < 1.29 is 9.53 Å². The van der Waals surface area contributed by atoms with Crippen molar-refractivity contribution in [3.63, 3.8) is 0 Å². The van der Waals surface area contributed by atoms with E-state index in [1.165, 1.54) is 0 Å². The predicted octanol–water partition coefficient (Wildman–Crippen LogP) is 4.35. The van der Waals surface area contributed by atoms with E-state index in [-0.39, 0.29) is 11.4 Å². The van der Waals surface area contributed by atoms with Gasteiger partial charge in [-0.25, -0.2) is 4.79 Å². The van der Waals surface area contributed by atoms with Gasteiger partial charge in [-0.3, -0.25) is 4.90 Å². The van der Waals surface area contributed by atoms with Crippen LogP contribution in [0.5, 0.6) is 5.75 Å². The number of ether oxygens (including phenoxy) is 1. The first kappa shape index (κ1) is 15.4. The van der Waals surface area contributed by atoms with Gasteiger partial charge in [0.2, 0.25) is 0 Å². The van der Waals surface area contributed by atoms with E-state index >= 15 is 0 Å². The average Bonchev–Trinajstić information content (AvgIpc) is 2.53. The highest BCUT2D eigenvalue weighted by atomic mass is 16.5. The number of amides is 2. The van der Waals surface area contributed by atoms with E-state index in [0.29, 0.717) is 6.54 Å². The largest absolute Gasteiger partial charge is 0.496 e. The molecule has 0 radical (unpaired) electrons. The molecule has 2 aromatic rings. The smallest absolute Gasteiger partial charge is 0.326 e. The Morgan fingerprint density at radius 2 is 1.83 bits per heavy atom. The Morgan fingerprint density at radius 3 is 2.43 bits per heavy atom. The van der Waals surface area contributed by atoms with Gasteiger partial charge in [-0.05, 0) is 35.2 Å². The van der Waals surface area contributed by atoms with Crippen LogP contribution in [0.4, 0.5) is 16.2 Å². The Morgan fingerprint density at radius 1 is 1.13 bits per heavy atom. The minimum atomic E-state index is -0.114. The summed E-state index contributed by atoms with van der Waals surface area (Å²) in [6.45, 7) is 6.95. The lowest BCUT2D eigenvalue weighted by atomic mass is 9.85. The van der Waals surface area contributed by atoms with Crippen LogP contribution in [0.3, 0.4) is 0 Å². The number of para-hydroxylation sites is 1. The zero-order valence-electron chi connectivity index (χ0n) is 14.0. The highest BCUT2D eigenvalue weighted by Gasteiger charge is 2.29. The van der Waals surface area contributed by atoms with Crippen molar-refractivity contribution in [3.05, 3.63) is 53.6 Å². The van der Waals surface area contributed by atoms with Gasteiger partial charge in [0.05, 0.1) is 25.0 Å². The van der Waals surface area contributed by atoms with Crippen molar-refractivity contribution in [2.75, 3.05) is 12.0 Å². The summed E-state index contributed by atoms with van der Waals surface area (Å²) in [5.41, 5.74) is 3.86. The summed E-state index contributed by atoms with van der Waals surface area (Å²) in [7, 11) is 1.67. The number of benzene rings is 2. The summed E-state index contributed by atoms with van der Waals surface area (Å²) in [6, 6.07) is 13.7. The fraction of sp³-hybridized carbons (Fsp3) is 0.316. The first-order valence-corrected chi connectivity index (χ1v) is 7.76. The van der Waals surface area contributed by atoms with Crippen LogP contribution in [0.25, 0.3) is 0 Å². The third-order valence-electron chi connectivity index (χ3n) is 4.15. The normalized spacial score (nSPS) is 14.3. The molecule has 4 heteroatoms. The Kier molecular flexibility index (Phi) is 3.76. The fourth-order valence-corrected chi connectivity index (χ4v) is 2.81. The molecule has 0 aliphatic carbocycles. The van der Waals surface area contributed by atoms with Gasteiger partial charge in [-0.15, -0.1) is 0 Å². The van der Waals surface area contributed by atoms with Crippen LogP contribution in [-0.4, -0.2) is 13.1 Å². The lowest BCUT2D eigenvalue weighted by Gasteiger charge is -2.33. The van der Waals surface area contributed by atoms with Gasteiger partial charge in [-0.2, -0.15) is 0 Å². The van der Waals surface area contributed by atoms with Gasteiger partial charge in [0, 0.05) is 5.56 Å². The number of rotatable bonds is 2. The number of nitrogens with zero attached hydrogens (tertiary/aromatic N) is 1. The molecule has 1 N–H and O–H groups in total. The van der Waals surface area contributed by atoms with Gasteiger partial charge in [-0.1, -0.05) is 39.0 Å². The molecule has 0 spiro atoms. The van der Waals surface area contributed by atoms with Crippen molar-refractivity contribution in [3.8, 4) is 5.75 Å². The Balaban J connectivity index is 2.22. The second-order valence-corrected chi connectivity index (χ2v) is 6.76. The number of anilines is 2. The second kappa shape index (κ2) is 5.61. The molecule has 0 fully saturated rings. The molecule has 0 saturated carbocycles. The van der Waals surface area contributed by atoms with Crippen molar-refractivity contribution in [2.45, 2.75) is 32.7 Å². The van der Waals surface area contributed by atoms with Crippen molar-refractivity contribution >= 4 is 17.4 Å². The topological polar surface area (TPSA) is 41.6 Å². The molecule has 1 aliphatic rings. The van der Waals surface area contributed by atoms with E-state index in [0.717, 1.165) is 28.3 Å². The van der Waals surface area contributed by atoms with E-state index in [1.807, 2.05) is 30.3 Å². The highest BCUT2D eigenvalue weighted by molar-refractivity contribution is 6.02. The average molecular weight is 310 g/mol. The van der Waals surface area contributed by atoms with E-state index in [1.54, 1.807) is 12.0 Å². The van der Waals surface area contributed by atoms with Gasteiger partial charge >= 0.3 is 6.03 Å². The lowest BCUT2D eigenvalue weighted by molar-refractivity contribution is 0.246. The molecule has 120 valence electrons. The molecule has 0 unspecified atom stereocenters. The van der Waals surface area contributed by atoms with Gasteiger partial charge in [0.15, 0.2) is 0 Å². The Labute approximate surface area is 137 Å². The molecule has 0 bridgehead atoms. The number of methoxy groups -OCH3 is 1. The van der Waals surface area contributed by atoms with Crippen LogP contribution in [0, 0.1) is 0 Å². The molecule has 3 rings (SSSR count). The second-order valence-electron chi connectivity index (χ2n) is 6.76. The minimum Gasteiger partial charge on any atom is -0.496 e. The number of hydrogen-bond acceptors (Lipinski definition) is 2. The van der Waals surface area contributed by atoms with Crippen LogP contribution in [0.1, 0.15) is 31.9 Å². The van der Waals surface area contributed by atoms with Crippen molar-refractivity contribution in [1.82, 2.24) is 5.32 Å². The molecular weight excluding hydrogens is 288 g/mol. The molecule has 2 amide bonds. The molecule has 0 atom stereocenters. The van der Waals surface area contributed by atoms with E-state index in [9.17, 15) is 4.79 Å². The van der Waals surface area contributed by atoms with E-state index in [2.05, 4.69) is 38.2 Å². The van der Waals surface area contributed by atoms with Crippen LogP contribution in [-0.2, 0) is 12.0 Å². The predicted molar refractivity (Wildman–Crippen MR) is 92.5 cm³/mol. The van der Waals surface area contributed by atoms with Crippen molar-refractivity contribution in [2.24, 2.45) is 0 Å². The summed E-state index contributed by atoms with van der Waals surface area (Å²) in [5, 5.41) is 2.93.